The fraction of sp³-hybridized carbons (Fsp3) is 0.500. The monoisotopic (exact) mass is 235 g/mol. The molecule has 0 bridgehead atoms. The first-order valence-corrected chi connectivity index (χ1v) is 5.95. The van der Waals surface area contributed by atoms with E-state index >= 15 is 0 Å². The van der Waals surface area contributed by atoms with E-state index in [1.54, 1.807) is 0 Å². The van der Waals surface area contributed by atoms with E-state index in [2.05, 4.69) is 11.4 Å². The number of aryl methyl sites for hydroxylation is 2. The molecule has 0 heterocycles. The summed E-state index contributed by atoms with van der Waals surface area (Å²) in [5.41, 5.74) is 5.13. The van der Waals surface area contributed by atoms with Gasteiger partial charge in [0.1, 0.15) is 0 Å². The predicted octanol–water partition coefficient (Wildman–Crippen LogP) is 2.03. The van der Waals surface area contributed by atoms with Crippen LogP contribution in [0, 0.1) is 27.7 Å². The van der Waals surface area contributed by atoms with Crippen LogP contribution in [0.1, 0.15) is 39.0 Å². The van der Waals surface area contributed by atoms with Crippen molar-refractivity contribution in [2.75, 3.05) is 13.2 Å². The lowest BCUT2D eigenvalue weighted by Crippen LogP contribution is -2.27. The second kappa shape index (κ2) is 5.82. The van der Waals surface area contributed by atoms with Crippen LogP contribution >= 0.6 is 0 Å². The molecule has 3 heteroatoms. The molecular formula is C14H21NO2. The van der Waals surface area contributed by atoms with Gasteiger partial charge in [0.15, 0.2) is 0 Å². The van der Waals surface area contributed by atoms with Crippen molar-refractivity contribution in [2.24, 2.45) is 0 Å². The van der Waals surface area contributed by atoms with Gasteiger partial charge in [0.25, 0.3) is 5.91 Å². The van der Waals surface area contributed by atoms with E-state index in [0.29, 0.717) is 13.0 Å². The molecule has 1 amide bonds. The molecule has 0 fully saturated rings. The summed E-state index contributed by atoms with van der Waals surface area (Å²) in [6.07, 6.45) is 0.592. The van der Waals surface area contributed by atoms with E-state index in [4.69, 9.17) is 5.11 Å². The number of nitrogens with one attached hydrogen (secondary N) is 1. The van der Waals surface area contributed by atoms with Crippen molar-refractivity contribution in [3.8, 4) is 0 Å². The van der Waals surface area contributed by atoms with Crippen LogP contribution in [-0.4, -0.2) is 24.2 Å². The van der Waals surface area contributed by atoms with Crippen LogP contribution in [-0.2, 0) is 0 Å². The molecule has 3 nitrogen and oxygen atoms in total. The van der Waals surface area contributed by atoms with Gasteiger partial charge in [-0.05, 0) is 56.4 Å². The summed E-state index contributed by atoms with van der Waals surface area (Å²) in [6.45, 7) is 8.61. The summed E-state index contributed by atoms with van der Waals surface area (Å²) in [6, 6.07) is 2.11. The molecule has 0 saturated heterocycles. The van der Waals surface area contributed by atoms with Gasteiger partial charge in [0.05, 0.1) is 0 Å². The number of hydrogen-bond acceptors (Lipinski definition) is 2. The van der Waals surface area contributed by atoms with Crippen molar-refractivity contribution in [3.05, 3.63) is 33.9 Å². The molecule has 0 aliphatic rings. The zero-order valence-corrected chi connectivity index (χ0v) is 11.1. The van der Waals surface area contributed by atoms with Crippen molar-refractivity contribution in [1.29, 1.82) is 0 Å². The quantitative estimate of drug-likeness (QED) is 0.785. The number of aliphatic hydroxyl groups is 1. The molecule has 0 saturated carbocycles. The van der Waals surface area contributed by atoms with E-state index in [1.807, 2.05) is 27.7 Å². The molecule has 17 heavy (non-hydrogen) atoms. The van der Waals surface area contributed by atoms with E-state index < -0.39 is 0 Å². The second-order valence-corrected chi connectivity index (χ2v) is 4.47. The molecule has 94 valence electrons. The van der Waals surface area contributed by atoms with Gasteiger partial charge in [-0.1, -0.05) is 6.07 Å². The van der Waals surface area contributed by atoms with Crippen LogP contribution < -0.4 is 5.32 Å². The molecule has 2 N–H and O–H groups in total. The normalized spacial score (nSPS) is 10.4. The van der Waals surface area contributed by atoms with Gasteiger partial charge in [0, 0.05) is 18.7 Å². The van der Waals surface area contributed by atoms with E-state index in [1.165, 1.54) is 0 Å². The first-order valence-electron chi connectivity index (χ1n) is 5.95. The largest absolute Gasteiger partial charge is 0.396 e. The summed E-state index contributed by atoms with van der Waals surface area (Å²) >= 11 is 0. The van der Waals surface area contributed by atoms with Crippen molar-refractivity contribution >= 4 is 5.91 Å². The first kappa shape index (κ1) is 13.7. The third-order valence-electron chi connectivity index (χ3n) is 3.21. The lowest BCUT2D eigenvalue weighted by Gasteiger charge is -2.14. The first-order chi connectivity index (χ1) is 7.99. The zero-order chi connectivity index (χ0) is 13.0. The fourth-order valence-corrected chi connectivity index (χ4v) is 1.93. The highest BCUT2D eigenvalue weighted by Crippen LogP contribution is 2.21. The Balaban J connectivity index is 3.00. The van der Waals surface area contributed by atoms with Crippen LogP contribution in [0.5, 0.6) is 0 Å². The minimum absolute atomic E-state index is 0.0414. The van der Waals surface area contributed by atoms with Gasteiger partial charge in [-0.3, -0.25) is 4.79 Å². The highest BCUT2D eigenvalue weighted by Gasteiger charge is 2.14. The van der Waals surface area contributed by atoms with Gasteiger partial charge in [-0.2, -0.15) is 0 Å². The summed E-state index contributed by atoms with van der Waals surface area (Å²) in [4.78, 5) is 12.1. The average Bonchev–Trinajstić information content (AvgIpc) is 2.27. The Bertz CT molecular complexity index is 398. The van der Waals surface area contributed by atoms with Gasteiger partial charge < -0.3 is 10.4 Å². The third-order valence-corrected chi connectivity index (χ3v) is 3.21. The van der Waals surface area contributed by atoms with Gasteiger partial charge in [-0.25, -0.2) is 0 Å². The Morgan fingerprint density at radius 3 is 2.18 bits per heavy atom. The summed E-state index contributed by atoms with van der Waals surface area (Å²) in [5, 5.41) is 11.5. The number of amides is 1. The number of hydrogen-bond donors (Lipinski definition) is 2. The Labute approximate surface area is 103 Å². The number of benzene rings is 1. The van der Waals surface area contributed by atoms with Crippen molar-refractivity contribution < 1.29 is 9.90 Å². The SMILES string of the molecule is Cc1cc(C)c(C)c(C(=O)NCCCO)c1C. The maximum absolute atomic E-state index is 12.1. The molecule has 1 aromatic carbocycles. The van der Waals surface area contributed by atoms with E-state index in [0.717, 1.165) is 27.8 Å². The highest BCUT2D eigenvalue weighted by atomic mass is 16.3. The van der Waals surface area contributed by atoms with Crippen LogP contribution in [0.3, 0.4) is 0 Å². The summed E-state index contributed by atoms with van der Waals surface area (Å²) in [5.74, 6) is -0.0414. The number of carbonyl (C=O) groups is 1. The molecule has 0 aliphatic carbocycles. The van der Waals surface area contributed by atoms with Crippen LogP contribution in [0.15, 0.2) is 6.07 Å². The average molecular weight is 235 g/mol. The summed E-state index contributed by atoms with van der Waals surface area (Å²) in [7, 11) is 0. The number of rotatable bonds is 4. The minimum Gasteiger partial charge on any atom is -0.396 e. The maximum Gasteiger partial charge on any atom is 0.251 e. The molecule has 0 spiro atoms. The molecule has 0 aromatic heterocycles. The molecular weight excluding hydrogens is 214 g/mol. The molecule has 0 aliphatic heterocycles. The fourth-order valence-electron chi connectivity index (χ4n) is 1.93. The maximum atomic E-state index is 12.1. The third kappa shape index (κ3) is 3.07. The standard InChI is InChI=1S/C14H21NO2/c1-9-8-10(2)12(4)13(11(9)3)14(17)15-6-5-7-16/h8,16H,5-7H2,1-4H3,(H,15,17). The van der Waals surface area contributed by atoms with Gasteiger partial charge in [0.2, 0.25) is 0 Å². The number of aliphatic hydroxyl groups excluding tert-OH is 1. The Morgan fingerprint density at radius 1 is 1.18 bits per heavy atom. The lowest BCUT2D eigenvalue weighted by atomic mass is 9.94. The Kier molecular flexibility index (Phi) is 4.70. The smallest absolute Gasteiger partial charge is 0.251 e. The van der Waals surface area contributed by atoms with Crippen molar-refractivity contribution in [2.45, 2.75) is 34.1 Å². The van der Waals surface area contributed by atoms with E-state index in [9.17, 15) is 4.79 Å². The summed E-state index contributed by atoms with van der Waals surface area (Å²) < 4.78 is 0. The minimum atomic E-state index is -0.0414. The van der Waals surface area contributed by atoms with Crippen LogP contribution in [0.2, 0.25) is 0 Å². The molecule has 0 unspecified atom stereocenters. The Hall–Kier alpha value is -1.35. The Morgan fingerprint density at radius 2 is 1.71 bits per heavy atom. The molecule has 0 radical (unpaired) electrons. The van der Waals surface area contributed by atoms with Crippen molar-refractivity contribution in [1.82, 2.24) is 5.32 Å². The van der Waals surface area contributed by atoms with Gasteiger partial charge in [-0.15, -0.1) is 0 Å². The molecule has 0 atom stereocenters. The zero-order valence-electron chi connectivity index (χ0n) is 11.1. The second-order valence-electron chi connectivity index (χ2n) is 4.47. The lowest BCUT2D eigenvalue weighted by molar-refractivity contribution is 0.0949. The van der Waals surface area contributed by atoms with E-state index in [-0.39, 0.29) is 12.5 Å². The topological polar surface area (TPSA) is 49.3 Å². The molecule has 1 aromatic rings. The van der Waals surface area contributed by atoms with Crippen molar-refractivity contribution in [3.63, 3.8) is 0 Å². The molecule has 1 rings (SSSR count). The van der Waals surface area contributed by atoms with Gasteiger partial charge >= 0.3 is 0 Å². The number of carbonyl (C=O) groups excluding carboxylic acids is 1. The highest BCUT2D eigenvalue weighted by molar-refractivity contribution is 5.97. The van der Waals surface area contributed by atoms with Crippen LogP contribution in [0.25, 0.3) is 0 Å². The predicted molar refractivity (Wildman–Crippen MR) is 69.4 cm³/mol. The van der Waals surface area contributed by atoms with Crippen LogP contribution in [0.4, 0.5) is 0 Å².